The van der Waals surface area contributed by atoms with Crippen molar-refractivity contribution in [3.63, 3.8) is 0 Å². The third-order valence-corrected chi connectivity index (χ3v) is 6.92. The van der Waals surface area contributed by atoms with Crippen LogP contribution in [0.4, 0.5) is 9.52 Å². The molecule has 4 N–H and O–H groups in total. The molecule has 1 fully saturated rings. The fourth-order valence-corrected chi connectivity index (χ4v) is 5.30. The Morgan fingerprint density at radius 3 is 2.88 bits per heavy atom. The largest absolute Gasteiger partial charge is 0.489 e. The second-order valence-corrected chi connectivity index (χ2v) is 9.05. The van der Waals surface area contributed by atoms with E-state index in [2.05, 4.69) is 15.5 Å². The highest BCUT2D eigenvalue weighted by Crippen LogP contribution is 2.40. The summed E-state index contributed by atoms with van der Waals surface area (Å²) < 4.78 is 18.9. The Balaban J connectivity index is 1.49. The summed E-state index contributed by atoms with van der Waals surface area (Å²) in [6, 6.07) is 4.47. The van der Waals surface area contributed by atoms with Crippen LogP contribution in [-0.2, 0) is 19.2 Å². The van der Waals surface area contributed by atoms with Crippen molar-refractivity contribution in [2.75, 3.05) is 25.2 Å². The molecule has 0 spiro atoms. The van der Waals surface area contributed by atoms with Crippen LogP contribution in [0.1, 0.15) is 5.69 Å². The van der Waals surface area contributed by atoms with E-state index >= 15 is 0 Å². The Labute approximate surface area is 200 Å². The number of halogens is 1. The van der Waals surface area contributed by atoms with Gasteiger partial charge in [-0.2, -0.15) is 0 Å². The number of nitrogens with two attached hydrogens (primary N) is 1. The van der Waals surface area contributed by atoms with E-state index in [1.807, 2.05) is 0 Å². The summed E-state index contributed by atoms with van der Waals surface area (Å²) in [6.07, 6.45) is 0. The number of nitrogens with one attached hydrogen (secondary N) is 1. The number of ether oxygens (including phenoxy) is 1. The van der Waals surface area contributed by atoms with Gasteiger partial charge >= 0.3 is 5.97 Å². The molecule has 2 amide bonds. The first-order valence-corrected chi connectivity index (χ1v) is 11.6. The number of thiazole rings is 1. The SMILES string of the molecule is CO/N=C(\C(=O)NC1C(=O)N2C(C(=O)O)=C(COc3cccc(F)c3)CS[C@H]12)c1csc(N)n1. The highest BCUT2D eigenvalue weighted by molar-refractivity contribution is 8.00. The van der Waals surface area contributed by atoms with Crippen molar-refractivity contribution < 1.29 is 33.5 Å². The van der Waals surface area contributed by atoms with Gasteiger partial charge in [-0.15, -0.1) is 23.1 Å². The molecule has 2 atom stereocenters. The number of carbonyl (C=O) groups excluding carboxylic acids is 2. The van der Waals surface area contributed by atoms with Crippen molar-refractivity contribution in [2.24, 2.45) is 5.16 Å². The number of nitrogens with zero attached hydrogens (tertiary/aromatic N) is 3. The summed E-state index contributed by atoms with van der Waals surface area (Å²) in [5.74, 6) is -2.64. The van der Waals surface area contributed by atoms with Gasteiger partial charge in [0.1, 0.15) is 48.1 Å². The molecule has 3 heterocycles. The summed E-state index contributed by atoms with van der Waals surface area (Å²) in [7, 11) is 1.26. The molecule has 2 aromatic rings. The first kappa shape index (κ1) is 23.5. The molecule has 1 aromatic heterocycles. The van der Waals surface area contributed by atoms with Gasteiger partial charge in [-0.05, 0) is 12.1 Å². The Hall–Kier alpha value is -3.65. The van der Waals surface area contributed by atoms with Crippen LogP contribution in [0.25, 0.3) is 0 Å². The average molecular weight is 508 g/mol. The number of thioether (sulfide) groups is 1. The first-order chi connectivity index (χ1) is 16.3. The number of aromatic nitrogens is 1. The zero-order chi connectivity index (χ0) is 24.4. The highest BCUT2D eigenvalue weighted by atomic mass is 32.2. The van der Waals surface area contributed by atoms with Crippen LogP contribution in [0, 0.1) is 5.82 Å². The fourth-order valence-electron chi connectivity index (χ4n) is 3.42. The highest BCUT2D eigenvalue weighted by Gasteiger charge is 2.54. The molecular weight excluding hydrogens is 489 g/mol. The number of anilines is 1. The maximum atomic E-state index is 13.4. The van der Waals surface area contributed by atoms with Gasteiger partial charge in [-0.3, -0.25) is 14.5 Å². The molecule has 2 aliphatic heterocycles. The number of hydrogen-bond donors (Lipinski definition) is 3. The van der Waals surface area contributed by atoms with E-state index in [-0.39, 0.29) is 40.3 Å². The molecule has 4 rings (SSSR count). The van der Waals surface area contributed by atoms with Crippen LogP contribution in [-0.4, -0.2) is 69.4 Å². The van der Waals surface area contributed by atoms with E-state index in [0.717, 1.165) is 16.2 Å². The van der Waals surface area contributed by atoms with Gasteiger partial charge in [0.2, 0.25) is 0 Å². The minimum absolute atomic E-state index is 0.137. The van der Waals surface area contributed by atoms with E-state index in [4.69, 9.17) is 15.3 Å². The van der Waals surface area contributed by atoms with E-state index in [1.165, 1.54) is 48.5 Å². The number of benzene rings is 1. The zero-order valence-electron chi connectivity index (χ0n) is 17.6. The third-order valence-electron chi connectivity index (χ3n) is 4.91. The summed E-state index contributed by atoms with van der Waals surface area (Å²) in [5, 5.41) is 17.1. The molecule has 14 heteroatoms. The summed E-state index contributed by atoms with van der Waals surface area (Å²) in [5.41, 5.74) is 5.77. The Kier molecular flexibility index (Phi) is 6.70. The average Bonchev–Trinajstić information content (AvgIpc) is 3.24. The van der Waals surface area contributed by atoms with Crippen molar-refractivity contribution in [2.45, 2.75) is 11.4 Å². The molecule has 0 radical (unpaired) electrons. The normalized spacial score (nSPS) is 19.9. The lowest BCUT2D eigenvalue weighted by molar-refractivity contribution is -0.150. The lowest BCUT2D eigenvalue weighted by Gasteiger charge is -2.49. The lowest BCUT2D eigenvalue weighted by atomic mass is 10.0. The van der Waals surface area contributed by atoms with E-state index < -0.39 is 35.0 Å². The van der Waals surface area contributed by atoms with Crippen LogP contribution in [0.2, 0.25) is 0 Å². The van der Waals surface area contributed by atoms with Gasteiger partial charge in [-0.25, -0.2) is 14.2 Å². The molecule has 178 valence electrons. The topological polar surface area (TPSA) is 156 Å². The number of carboxylic acid groups (broad SMARTS) is 1. The molecule has 1 aromatic carbocycles. The van der Waals surface area contributed by atoms with Crippen LogP contribution >= 0.6 is 23.1 Å². The molecule has 11 nitrogen and oxygen atoms in total. The third kappa shape index (κ3) is 4.54. The summed E-state index contributed by atoms with van der Waals surface area (Å²) >= 11 is 2.38. The molecule has 1 unspecified atom stereocenters. The van der Waals surface area contributed by atoms with Gasteiger partial charge in [-0.1, -0.05) is 11.2 Å². The van der Waals surface area contributed by atoms with Crippen molar-refractivity contribution in [3.8, 4) is 5.75 Å². The number of carboxylic acids is 1. The number of nitrogen functional groups attached to an aromatic ring is 1. The maximum Gasteiger partial charge on any atom is 0.352 e. The molecule has 1 saturated heterocycles. The zero-order valence-corrected chi connectivity index (χ0v) is 19.2. The molecule has 34 heavy (non-hydrogen) atoms. The van der Waals surface area contributed by atoms with Crippen LogP contribution in [0.5, 0.6) is 5.75 Å². The quantitative estimate of drug-likeness (QED) is 0.270. The van der Waals surface area contributed by atoms with Crippen LogP contribution < -0.4 is 15.8 Å². The van der Waals surface area contributed by atoms with Crippen LogP contribution in [0.15, 0.2) is 46.1 Å². The standard InChI is InChI=1S/C20H18FN5O6S2/c1-31-25-13(12-8-34-20(22)23-12)16(27)24-14-17(28)26-15(19(29)30)9(7-33-18(14)26)6-32-11-4-2-3-10(21)5-11/h2-5,8,14,18H,6-7H2,1H3,(H2,22,23)(H,24,27)(H,29,30)/b25-13-/t14?,18-/m1/s1. The van der Waals surface area contributed by atoms with E-state index in [9.17, 15) is 23.9 Å². The Bertz CT molecular complexity index is 1220. The number of β-lactam (4-membered cyclic amide) rings is 1. The van der Waals surface area contributed by atoms with Gasteiger partial charge in [0.25, 0.3) is 11.8 Å². The van der Waals surface area contributed by atoms with E-state index in [1.54, 1.807) is 0 Å². The number of hydrogen-bond acceptors (Lipinski definition) is 10. The number of fused-ring (bicyclic) bond motifs is 1. The Morgan fingerprint density at radius 2 is 2.24 bits per heavy atom. The minimum Gasteiger partial charge on any atom is -0.489 e. The second-order valence-electron chi connectivity index (χ2n) is 7.06. The number of oxime groups is 1. The van der Waals surface area contributed by atoms with Crippen molar-refractivity contribution >= 4 is 51.7 Å². The lowest BCUT2D eigenvalue weighted by Crippen LogP contribution is -2.71. The molecule has 2 aliphatic rings. The summed E-state index contributed by atoms with van der Waals surface area (Å²) in [6.45, 7) is -0.137. The monoisotopic (exact) mass is 507 g/mol. The molecule has 0 bridgehead atoms. The molecule has 0 saturated carbocycles. The van der Waals surface area contributed by atoms with Crippen molar-refractivity contribution in [1.82, 2.24) is 15.2 Å². The fraction of sp³-hybridized carbons (Fsp3) is 0.250. The first-order valence-electron chi connectivity index (χ1n) is 9.72. The van der Waals surface area contributed by atoms with Crippen LogP contribution in [0.3, 0.4) is 0 Å². The predicted molar refractivity (Wildman–Crippen MR) is 122 cm³/mol. The molecule has 0 aliphatic carbocycles. The Morgan fingerprint density at radius 1 is 1.44 bits per heavy atom. The second kappa shape index (κ2) is 9.69. The van der Waals surface area contributed by atoms with Crippen molar-refractivity contribution in [1.29, 1.82) is 0 Å². The minimum atomic E-state index is -1.30. The number of rotatable bonds is 8. The van der Waals surface area contributed by atoms with Crippen molar-refractivity contribution in [3.05, 3.63) is 52.4 Å². The predicted octanol–water partition coefficient (Wildman–Crippen LogP) is 1.03. The van der Waals surface area contributed by atoms with E-state index in [0.29, 0.717) is 5.57 Å². The number of carbonyl (C=O) groups is 3. The van der Waals surface area contributed by atoms with Gasteiger partial charge in [0.15, 0.2) is 10.8 Å². The number of amides is 2. The maximum absolute atomic E-state index is 13.4. The summed E-state index contributed by atoms with van der Waals surface area (Å²) in [4.78, 5) is 47.4. The number of aliphatic carboxylic acids is 1. The van der Waals surface area contributed by atoms with Gasteiger partial charge in [0.05, 0.1) is 0 Å². The van der Waals surface area contributed by atoms with Gasteiger partial charge < -0.3 is 25.7 Å². The van der Waals surface area contributed by atoms with Gasteiger partial charge in [0, 0.05) is 22.8 Å². The smallest absolute Gasteiger partial charge is 0.352 e. The molecular formula is C20H18FN5O6S2.